The summed E-state index contributed by atoms with van der Waals surface area (Å²) in [6.07, 6.45) is 9.76. The number of primary amides is 1. The summed E-state index contributed by atoms with van der Waals surface area (Å²) >= 11 is 0. The number of amides is 1. The molecular formula is C36H51N3O5. The van der Waals surface area contributed by atoms with E-state index >= 15 is 0 Å². The Morgan fingerprint density at radius 3 is 2.05 bits per heavy atom. The number of unbranched alkanes of at least 4 members (excludes halogenated alkanes) is 3. The van der Waals surface area contributed by atoms with Crippen LogP contribution in [0.5, 0.6) is 0 Å². The van der Waals surface area contributed by atoms with Gasteiger partial charge in [-0.1, -0.05) is 64.3 Å². The SMILES string of the molecule is CCCCc1c(C(OC)C(N)=O)c2cc(C(=O)OCC)ccn2c1C(=O)c1ccc(CCCN(CCCC)CCCC)cc1. The highest BCUT2D eigenvalue weighted by Gasteiger charge is 2.31. The molecule has 8 heteroatoms. The molecule has 3 aromatic rings. The first-order valence-corrected chi connectivity index (χ1v) is 16.3. The van der Waals surface area contributed by atoms with Gasteiger partial charge in [0.15, 0.2) is 6.10 Å². The monoisotopic (exact) mass is 605 g/mol. The Kier molecular flexibility index (Phi) is 14.1. The number of hydrogen-bond acceptors (Lipinski definition) is 6. The lowest BCUT2D eigenvalue weighted by Gasteiger charge is -2.21. The highest BCUT2D eigenvalue weighted by atomic mass is 16.5. The number of ketones is 1. The molecule has 2 aromatic heterocycles. The first-order chi connectivity index (χ1) is 21.3. The van der Waals surface area contributed by atoms with E-state index in [1.165, 1.54) is 38.4 Å². The van der Waals surface area contributed by atoms with E-state index in [1.54, 1.807) is 29.7 Å². The van der Waals surface area contributed by atoms with Gasteiger partial charge in [-0.2, -0.15) is 0 Å². The number of nitrogens with two attached hydrogens (primary N) is 1. The minimum Gasteiger partial charge on any atom is -0.462 e. The average Bonchev–Trinajstić information content (AvgIpc) is 3.34. The predicted molar refractivity (Wildman–Crippen MR) is 175 cm³/mol. The predicted octanol–water partition coefficient (Wildman–Crippen LogP) is 6.70. The van der Waals surface area contributed by atoms with E-state index in [9.17, 15) is 14.4 Å². The van der Waals surface area contributed by atoms with Gasteiger partial charge in [-0.15, -0.1) is 0 Å². The number of carbonyl (C=O) groups excluding carboxylic acids is 3. The topological polar surface area (TPSA) is 103 Å². The number of aryl methyl sites for hydroxylation is 1. The van der Waals surface area contributed by atoms with Gasteiger partial charge in [-0.25, -0.2) is 4.79 Å². The second kappa shape index (κ2) is 17.7. The smallest absolute Gasteiger partial charge is 0.338 e. The van der Waals surface area contributed by atoms with Crippen molar-refractivity contribution in [3.05, 3.63) is 76.1 Å². The highest BCUT2D eigenvalue weighted by molar-refractivity contribution is 6.10. The van der Waals surface area contributed by atoms with Gasteiger partial charge in [-0.3, -0.25) is 9.59 Å². The summed E-state index contributed by atoms with van der Waals surface area (Å²) in [5, 5.41) is 0. The van der Waals surface area contributed by atoms with E-state index in [4.69, 9.17) is 15.2 Å². The number of carbonyl (C=O) groups is 3. The van der Waals surface area contributed by atoms with Crippen molar-refractivity contribution in [3.8, 4) is 0 Å². The minimum atomic E-state index is -1.08. The number of benzene rings is 1. The zero-order chi connectivity index (χ0) is 32.1. The number of rotatable bonds is 20. The first kappa shape index (κ1) is 35.0. The van der Waals surface area contributed by atoms with Crippen LogP contribution in [0.4, 0.5) is 0 Å². The third-order valence-electron chi connectivity index (χ3n) is 8.16. The van der Waals surface area contributed by atoms with E-state index in [1.807, 2.05) is 24.3 Å². The molecule has 0 aliphatic carbocycles. The van der Waals surface area contributed by atoms with Gasteiger partial charge in [0.1, 0.15) is 0 Å². The maximum absolute atomic E-state index is 14.2. The summed E-state index contributed by atoms with van der Waals surface area (Å²) in [6, 6.07) is 11.1. The second-order valence-electron chi connectivity index (χ2n) is 11.4. The highest BCUT2D eigenvalue weighted by Crippen LogP contribution is 2.34. The molecule has 0 bridgehead atoms. The Balaban J connectivity index is 1.97. The lowest BCUT2D eigenvalue weighted by molar-refractivity contribution is -0.128. The van der Waals surface area contributed by atoms with Crippen LogP contribution in [0.1, 0.15) is 122 Å². The van der Waals surface area contributed by atoms with Gasteiger partial charge < -0.3 is 24.5 Å². The van der Waals surface area contributed by atoms with Crippen molar-refractivity contribution in [2.45, 2.75) is 91.6 Å². The number of esters is 1. The molecule has 0 radical (unpaired) electrons. The van der Waals surface area contributed by atoms with Crippen LogP contribution in [-0.4, -0.2) is 60.3 Å². The van der Waals surface area contributed by atoms with Crippen molar-refractivity contribution in [1.82, 2.24) is 9.30 Å². The molecule has 3 rings (SSSR count). The normalized spacial score (nSPS) is 12.1. The molecule has 8 nitrogen and oxygen atoms in total. The molecule has 0 fully saturated rings. The van der Waals surface area contributed by atoms with E-state index in [-0.39, 0.29) is 12.4 Å². The number of hydrogen-bond donors (Lipinski definition) is 1. The van der Waals surface area contributed by atoms with Gasteiger partial charge in [0, 0.05) is 24.4 Å². The van der Waals surface area contributed by atoms with Gasteiger partial charge >= 0.3 is 5.97 Å². The first-order valence-electron chi connectivity index (χ1n) is 16.3. The molecule has 240 valence electrons. The van der Waals surface area contributed by atoms with Crippen LogP contribution in [0, 0.1) is 0 Å². The van der Waals surface area contributed by atoms with Gasteiger partial charge in [0.2, 0.25) is 5.78 Å². The minimum absolute atomic E-state index is 0.155. The summed E-state index contributed by atoms with van der Waals surface area (Å²) in [6.45, 7) is 11.9. The molecule has 0 spiro atoms. The summed E-state index contributed by atoms with van der Waals surface area (Å²) in [5.41, 5.74) is 10.1. The molecule has 0 saturated heterocycles. The van der Waals surface area contributed by atoms with Crippen molar-refractivity contribution in [2.75, 3.05) is 33.4 Å². The molecule has 44 heavy (non-hydrogen) atoms. The Hall–Kier alpha value is -3.49. The summed E-state index contributed by atoms with van der Waals surface area (Å²) in [7, 11) is 1.42. The maximum Gasteiger partial charge on any atom is 0.338 e. The molecular weight excluding hydrogens is 554 g/mol. The Morgan fingerprint density at radius 1 is 0.841 bits per heavy atom. The van der Waals surface area contributed by atoms with Gasteiger partial charge in [0.25, 0.3) is 5.91 Å². The van der Waals surface area contributed by atoms with Gasteiger partial charge in [-0.05, 0) is 88.3 Å². The standard InChI is InChI=1S/C36H51N3O5/c1-6-10-15-29-31(34(43-5)35(37)41)30-25-28(36(42)44-9-4)20-24-39(30)32(29)33(40)27-18-16-26(17-19-27)14-13-23-38(21-11-7-2)22-12-8-3/h16-20,24-25,34H,6-15,21-23H2,1-5H3,(H2,37,41). The number of aromatic nitrogens is 1. The molecule has 1 atom stereocenters. The molecule has 1 amide bonds. The van der Waals surface area contributed by atoms with Crippen LogP contribution < -0.4 is 5.73 Å². The van der Waals surface area contributed by atoms with E-state index in [2.05, 4.69) is 25.7 Å². The molecule has 2 heterocycles. The van der Waals surface area contributed by atoms with E-state index < -0.39 is 18.0 Å². The van der Waals surface area contributed by atoms with E-state index in [0.29, 0.717) is 39.9 Å². The number of fused-ring (bicyclic) bond motifs is 1. The number of methoxy groups -OCH3 is 1. The summed E-state index contributed by atoms with van der Waals surface area (Å²) < 4.78 is 12.5. The van der Waals surface area contributed by atoms with Crippen LogP contribution >= 0.6 is 0 Å². The number of ether oxygens (including phenoxy) is 2. The molecule has 2 N–H and O–H groups in total. The van der Waals surface area contributed by atoms with Crippen LogP contribution in [0.3, 0.4) is 0 Å². The van der Waals surface area contributed by atoms with Crippen molar-refractivity contribution >= 4 is 23.2 Å². The zero-order valence-electron chi connectivity index (χ0n) is 27.3. The van der Waals surface area contributed by atoms with E-state index in [0.717, 1.165) is 45.3 Å². The Labute approximate surface area is 262 Å². The maximum atomic E-state index is 14.2. The average molecular weight is 606 g/mol. The third-order valence-corrected chi connectivity index (χ3v) is 8.16. The number of nitrogens with zero attached hydrogens (tertiary/aromatic N) is 2. The fourth-order valence-electron chi connectivity index (χ4n) is 5.76. The lowest BCUT2D eigenvalue weighted by atomic mass is 9.95. The van der Waals surface area contributed by atoms with Gasteiger partial charge in [0.05, 0.1) is 23.4 Å². The van der Waals surface area contributed by atoms with Crippen LogP contribution in [0.15, 0.2) is 42.6 Å². The van der Waals surface area contributed by atoms with Crippen molar-refractivity contribution in [1.29, 1.82) is 0 Å². The fourth-order valence-corrected chi connectivity index (χ4v) is 5.76. The third kappa shape index (κ3) is 8.79. The zero-order valence-corrected chi connectivity index (χ0v) is 27.3. The largest absolute Gasteiger partial charge is 0.462 e. The Bertz CT molecular complexity index is 1370. The summed E-state index contributed by atoms with van der Waals surface area (Å²) in [5.74, 6) is -1.30. The van der Waals surface area contributed by atoms with Crippen LogP contribution in [0.25, 0.3) is 5.52 Å². The lowest BCUT2D eigenvalue weighted by Crippen LogP contribution is -2.27. The summed E-state index contributed by atoms with van der Waals surface area (Å²) in [4.78, 5) is 41.9. The quantitative estimate of drug-likeness (QED) is 0.114. The second-order valence-corrected chi connectivity index (χ2v) is 11.4. The fraction of sp³-hybridized carbons (Fsp3) is 0.528. The van der Waals surface area contributed by atoms with Crippen LogP contribution in [0.2, 0.25) is 0 Å². The molecule has 0 aliphatic rings. The van der Waals surface area contributed by atoms with Crippen LogP contribution in [-0.2, 0) is 27.1 Å². The van der Waals surface area contributed by atoms with Crippen molar-refractivity contribution in [2.24, 2.45) is 5.73 Å². The molecule has 1 unspecified atom stereocenters. The number of pyridine rings is 1. The molecule has 0 aliphatic heterocycles. The molecule has 0 saturated carbocycles. The Morgan fingerprint density at radius 2 is 1.48 bits per heavy atom. The van der Waals surface area contributed by atoms with Crippen molar-refractivity contribution in [3.63, 3.8) is 0 Å². The van der Waals surface area contributed by atoms with Crippen molar-refractivity contribution < 1.29 is 23.9 Å². The molecule has 1 aromatic carbocycles.